The summed E-state index contributed by atoms with van der Waals surface area (Å²) in [6, 6.07) is 5.25. The van der Waals surface area contributed by atoms with Gasteiger partial charge in [-0.3, -0.25) is 0 Å². The summed E-state index contributed by atoms with van der Waals surface area (Å²) in [7, 11) is 3.46. The number of nitrogens with zero attached hydrogens (tertiary/aromatic N) is 2. The van der Waals surface area contributed by atoms with Crippen molar-refractivity contribution in [3.8, 4) is 22.1 Å². The van der Waals surface area contributed by atoms with Gasteiger partial charge in [-0.05, 0) is 38.2 Å². The zero-order valence-electron chi connectivity index (χ0n) is 11.0. The number of aryl methyl sites for hydroxylation is 1. The summed E-state index contributed by atoms with van der Waals surface area (Å²) in [5.74, 6) is 0.578. The first-order valence-electron chi connectivity index (χ1n) is 6.09. The van der Waals surface area contributed by atoms with Gasteiger partial charge in [-0.15, -0.1) is 10.2 Å². The summed E-state index contributed by atoms with van der Waals surface area (Å²) in [5.41, 5.74) is 0.857. The normalized spacial score (nSPS) is 10.6. The maximum Gasteiger partial charge on any atom is 0.160 e. The first-order valence-corrected chi connectivity index (χ1v) is 6.90. The van der Waals surface area contributed by atoms with Gasteiger partial charge in [0.05, 0.1) is 7.11 Å². The van der Waals surface area contributed by atoms with Crippen LogP contribution >= 0.6 is 11.3 Å². The van der Waals surface area contributed by atoms with Crippen molar-refractivity contribution in [2.24, 2.45) is 0 Å². The molecule has 5 nitrogen and oxygen atoms in total. The fourth-order valence-electron chi connectivity index (χ4n) is 1.71. The lowest BCUT2D eigenvalue weighted by Crippen LogP contribution is -2.08. The molecule has 0 spiro atoms. The van der Waals surface area contributed by atoms with Crippen molar-refractivity contribution in [1.82, 2.24) is 15.5 Å². The van der Waals surface area contributed by atoms with Crippen molar-refractivity contribution in [3.63, 3.8) is 0 Å². The Labute approximate surface area is 116 Å². The maximum atomic E-state index is 9.76. The van der Waals surface area contributed by atoms with Gasteiger partial charge in [-0.1, -0.05) is 11.3 Å². The van der Waals surface area contributed by atoms with Crippen LogP contribution in [0.25, 0.3) is 10.6 Å². The third kappa shape index (κ3) is 3.42. The van der Waals surface area contributed by atoms with E-state index in [0.717, 1.165) is 35.0 Å². The average Bonchev–Trinajstić information content (AvgIpc) is 2.88. The standard InChI is InChI=1S/C13H17N3O2S/c1-14-7-3-4-12-15-16-13(19-12)9-5-6-11(18-2)10(17)8-9/h5-6,8,14,17H,3-4,7H2,1-2H3. The molecule has 0 radical (unpaired) electrons. The zero-order valence-corrected chi connectivity index (χ0v) is 11.8. The Balaban J connectivity index is 2.11. The summed E-state index contributed by atoms with van der Waals surface area (Å²) in [5, 5.41) is 23.0. The van der Waals surface area contributed by atoms with Crippen LogP contribution in [0.2, 0.25) is 0 Å². The number of methoxy groups -OCH3 is 1. The molecule has 0 aliphatic carbocycles. The van der Waals surface area contributed by atoms with Gasteiger partial charge >= 0.3 is 0 Å². The quantitative estimate of drug-likeness (QED) is 0.792. The van der Waals surface area contributed by atoms with Crippen LogP contribution in [0.3, 0.4) is 0 Å². The molecule has 1 aromatic heterocycles. The van der Waals surface area contributed by atoms with E-state index >= 15 is 0 Å². The molecule has 6 heteroatoms. The highest BCUT2D eigenvalue weighted by Gasteiger charge is 2.09. The topological polar surface area (TPSA) is 67.3 Å². The Hall–Kier alpha value is -1.66. The van der Waals surface area contributed by atoms with E-state index in [2.05, 4.69) is 15.5 Å². The molecule has 0 amide bonds. The molecule has 0 saturated heterocycles. The fourth-order valence-corrected chi connectivity index (χ4v) is 2.59. The number of aromatic hydroxyl groups is 1. The largest absolute Gasteiger partial charge is 0.504 e. The van der Waals surface area contributed by atoms with E-state index in [4.69, 9.17) is 4.74 Å². The van der Waals surface area contributed by atoms with Gasteiger partial charge in [0.2, 0.25) is 0 Å². The lowest BCUT2D eigenvalue weighted by Gasteiger charge is -2.03. The molecule has 102 valence electrons. The minimum atomic E-state index is 0.118. The molecule has 0 unspecified atom stereocenters. The van der Waals surface area contributed by atoms with Crippen molar-refractivity contribution < 1.29 is 9.84 Å². The van der Waals surface area contributed by atoms with Crippen LogP contribution < -0.4 is 10.1 Å². The van der Waals surface area contributed by atoms with Crippen molar-refractivity contribution in [2.45, 2.75) is 12.8 Å². The molecule has 0 fully saturated rings. The summed E-state index contributed by atoms with van der Waals surface area (Å²) in [6.45, 7) is 0.970. The SMILES string of the molecule is CNCCCc1nnc(-c2ccc(OC)c(O)c2)s1. The van der Waals surface area contributed by atoms with Gasteiger partial charge in [0.15, 0.2) is 11.5 Å². The minimum absolute atomic E-state index is 0.118. The Morgan fingerprint density at radius 3 is 2.89 bits per heavy atom. The third-order valence-corrected chi connectivity index (χ3v) is 3.74. The molecular weight excluding hydrogens is 262 g/mol. The number of ether oxygens (including phenoxy) is 1. The van der Waals surface area contributed by atoms with E-state index in [1.54, 1.807) is 23.5 Å². The second-order valence-electron chi connectivity index (χ2n) is 4.09. The second kappa shape index (κ2) is 6.49. The number of phenolic OH excluding ortho intramolecular Hbond substituents is 1. The van der Waals surface area contributed by atoms with E-state index in [9.17, 15) is 5.11 Å². The first kappa shape index (κ1) is 13.8. The van der Waals surface area contributed by atoms with E-state index in [1.165, 1.54) is 7.11 Å². The van der Waals surface area contributed by atoms with E-state index in [-0.39, 0.29) is 5.75 Å². The van der Waals surface area contributed by atoms with E-state index < -0.39 is 0 Å². The van der Waals surface area contributed by atoms with Gasteiger partial charge in [-0.2, -0.15) is 0 Å². The smallest absolute Gasteiger partial charge is 0.160 e. The third-order valence-electron chi connectivity index (χ3n) is 2.71. The maximum absolute atomic E-state index is 9.76. The molecule has 2 aromatic rings. The number of rotatable bonds is 6. The summed E-state index contributed by atoms with van der Waals surface area (Å²) in [6.07, 6.45) is 1.96. The van der Waals surface area contributed by atoms with Crippen LogP contribution in [0.1, 0.15) is 11.4 Å². The van der Waals surface area contributed by atoms with Gasteiger partial charge in [0, 0.05) is 12.0 Å². The Morgan fingerprint density at radius 1 is 1.37 bits per heavy atom. The van der Waals surface area contributed by atoms with Crippen LogP contribution in [0.15, 0.2) is 18.2 Å². The van der Waals surface area contributed by atoms with Crippen molar-refractivity contribution in [3.05, 3.63) is 23.2 Å². The number of hydrogen-bond donors (Lipinski definition) is 2. The second-order valence-corrected chi connectivity index (χ2v) is 5.16. The molecule has 1 aromatic carbocycles. The molecular formula is C13H17N3O2S. The number of phenols is 1. The van der Waals surface area contributed by atoms with Gasteiger partial charge in [0.25, 0.3) is 0 Å². The van der Waals surface area contributed by atoms with E-state index in [0.29, 0.717) is 5.75 Å². The molecule has 0 atom stereocenters. The van der Waals surface area contributed by atoms with Crippen LogP contribution in [0, 0.1) is 0 Å². The highest BCUT2D eigenvalue weighted by Crippen LogP contribution is 2.32. The highest BCUT2D eigenvalue weighted by molar-refractivity contribution is 7.14. The molecule has 1 heterocycles. The molecule has 2 N–H and O–H groups in total. The van der Waals surface area contributed by atoms with Crippen LogP contribution in [-0.4, -0.2) is 36.0 Å². The number of nitrogens with one attached hydrogen (secondary N) is 1. The van der Waals surface area contributed by atoms with Gasteiger partial charge < -0.3 is 15.2 Å². The lowest BCUT2D eigenvalue weighted by atomic mass is 10.2. The zero-order chi connectivity index (χ0) is 13.7. The molecule has 0 bridgehead atoms. The predicted molar refractivity (Wildman–Crippen MR) is 75.8 cm³/mol. The van der Waals surface area contributed by atoms with Crippen LogP contribution in [0.5, 0.6) is 11.5 Å². The summed E-state index contributed by atoms with van der Waals surface area (Å²) in [4.78, 5) is 0. The average molecular weight is 279 g/mol. The fraction of sp³-hybridized carbons (Fsp3) is 0.385. The Morgan fingerprint density at radius 2 is 2.21 bits per heavy atom. The number of aromatic nitrogens is 2. The molecule has 0 saturated carbocycles. The van der Waals surface area contributed by atoms with Gasteiger partial charge in [-0.25, -0.2) is 0 Å². The van der Waals surface area contributed by atoms with Crippen LogP contribution in [0.4, 0.5) is 0 Å². The number of hydrogen-bond acceptors (Lipinski definition) is 6. The van der Waals surface area contributed by atoms with Crippen molar-refractivity contribution >= 4 is 11.3 Å². The minimum Gasteiger partial charge on any atom is -0.504 e. The molecule has 0 aliphatic rings. The molecule has 0 aliphatic heterocycles. The Kier molecular flexibility index (Phi) is 4.70. The van der Waals surface area contributed by atoms with Crippen molar-refractivity contribution in [2.75, 3.05) is 20.7 Å². The summed E-state index contributed by atoms with van der Waals surface area (Å²) >= 11 is 1.56. The molecule has 19 heavy (non-hydrogen) atoms. The van der Waals surface area contributed by atoms with Crippen LogP contribution in [-0.2, 0) is 6.42 Å². The predicted octanol–water partition coefficient (Wildman–Crippen LogP) is 2.07. The Bertz CT molecular complexity index is 542. The number of benzene rings is 1. The van der Waals surface area contributed by atoms with E-state index in [1.807, 2.05) is 13.1 Å². The molecule has 2 rings (SSSR count). The monoisotopic (exact) mass is 279 g/mol. The summed E-state index contributed by atoms with van der Waals surface area (Å²) < 4.78 is 5.02. The first-order chi connectivity index (χ1) is 9.24. The van der Waals surface area contributed by atoms with Gasteiger partial charge in [0.1, 0.15) is 10.0 Å². The van der Waals surface area contributed by atoms with Crippen molar-refractivity contribution in [1.29, 1.82) is 0 Å². The highest BCUT2D eigenvalue weighted by atomic mass is 32.1. The lowest BCUT2D eigenvalue weighted by molar-refractivity contribution is 0.373.